The van der Waals surface area contributed by atoms with E-state index in [0.717, 1.165) is 23.8 Å². The molecular formula is C15H22N4O. The molecule has 1 aromatic carbocycles. The van der Waals surface area contributed by atoms with Gasteiger partial charge in [0.05, 0.1) is 19.3 Å². The van der Waals surface area contributed by atoms with E-state index < -0.39 is 0 Å². The molecule has 1 heterocycles. The topological polar surface area (TPSA) is 52.0 Å². The largest absolute Gasteiger partial charge is 0.495 e. The van der Waals surface area contributed by atoms with Gasteiger partial charge in [0, 0.05) is 6.54 Å². The highest BCUT2D eigenvalue weighted by Gasteiger charge is 2.08. The van der Waals surface area contributed by atoms with Crippen molar-refractivity contribution in [1.82, 2.24) is 14.8 Å². The van der Waals surface area contributed by atoms with Gasteiger partial charge in [0.25, 0.3) is 0 Å². The molecule has 0 saturated carbocycles. The molecule has 0 aliphatic heterocycles. The normalized spacial score (nSPS) is 10.8. The van der Waals surface area contributed by atoms with Crippen LogP contribution in [0.2, 0.25) is 0 Å². The standard InChI is InChI=1S/C15H22N4O/c1-11(2)9-19-15(17-10-18-19)8-16-13-7-12(3)5-6-14(13)20-4/h5-7,10-11,16H,8-9H2,1-4H3. The van der Waals surface area contributed by atoms with Gasteiger partial charge in [-0.2, -0.15) is 5.10 Å². The lowest BCUT2D eigenvalue weighted by Crippen LogP contribution is -2.13. The number of hydrogen-bond acceptors (Lipinski definition) is 4. The molecule has 0 amide bonds. The second-order valence-electron chi connectivity index (χ2n) is 5.31. The zero-order valence-corrected chi connectivity index (χ0v) is 12.6. The molecule has 2 rings (SSSR count). The zero-order chi connectivity index (χ0) is 14.5. The quantitative estimate of drug-likeness (QED) is 0.880. The summed E-state index contributed by atoms with van der Waals surface area (Å²) in [6.45, 7) is 7.91. The minimum Gasteiger partial charge on any atom is -0.495 e. The van der Waals surface area contributed by atoms with Crippen LogP contribution in [0.3, 0.4) is 0 Å². The average molecular weight is 274 g/mol. The first-order valence-electron chi connectivity index (χ1n) is 6.85. The van der Waals surface area contributed by atoms with Crippen LogP contribution in [0, 0.1) is 12.8 Å². The summed E-state index contributed by atoms with van der Waals surface area (Å²) < 4.78 is 7.30. The van der Waals surface area contributed by atoms with E-state index in [2.05, 4.69) is 42.2 Å². The molecule has 108 valence electrons. The Bertz CT molecular complexity index is 563. The van der Waals surface area contributed by atoms with E-state index in [1.54, 1.807) is 13.4 Å². The van der Waals surface area contributed by atoms with E-state index in [4.69, 9.17) is 4.74 Å². The fraction of sp³-hybridized carbons (Fsp3) is 0.467. The van der Waals surface area contributed by atoms with Gasteiger partial charge in [0.1, 0.15) is 17.9 Å². The summed E-state index contributed by atoms with van der Waals surface area (Å²) in [5.74, 6) is 2.32. The first kappa shape index (κ1) is 14.4. The zero-order valence-electron chi connectivity index (χ0n) is 12.6. The third kappa shape index (κ3) is 3.50. The Morgan fingerprint density at radius 2 is 2.15 bits per heavy atom. The summed E-state index contributed by atoms with van der Waals surface area (Å²) in [7, 11) is 1.68. The molecule has 0 aliphatic rings. The molecule has 0 atom stereocenters. The fourth-order valence-electron chi connectivity index (χ4n) is 2.06. The lowest BCUT2D eigenvalue weighted by molar-refractivity contribution is 0.416. The van der Waals surface area contributed by atoms with Crippen LogP contribution >= 0.6 is 0 Å². The molecule has 20 heavy (non-hydrogen) atoms. The molecule has 0 spiro atoms. The van der Waals surface area contributed by atoms with Gasteiger partial charge in [0.2, 0.25) is 0 Å². The van der Waals surface area contributed by atoms with Gasteiger partial charge in [-0.1, -0.05) is 19.9 Å². The van der Waals surface area contributed by atoms with Crippen molar-refractivity contribution in [2.45, 2.75) is 33.9 Å². The summed E-state index contributed by atoms with van der Waals surface area (Å²) in [6.07, 6.45) is 1.60. The number of methoxy groups -OCH3 is 1. The second kappa shape index (κ2) is 6.41. The molecule has 5 nitrogen and oxygen atoms in total. The Morgan fingerprint density at radius 3 is 2.85 bits per heavy atom. The van der Waals surface area contributed by atoms with Crippen molar-refractivity contribution in [2.24, 2.45) is 5.92 Å². The lowest BCUT2D eigenvalue weighted by atomic mass is 10.2. The van der Waals surface area contributed by atoms with Crippen LogP contribution in [0.5, 0.6) is 5.75 Å². The van der Waals surface area contributed by atoms with Crippen molar-refractivity contribution in [2.75, 3.05) is 12.4 Å². The molecule has 1 aromatic heterocycles. The van der Waals surface area contributed by atoms with Crippen molar-refractivity contribution >= 4 is 5.69 Å². The van der Waals surface area contributed by atoms with E-state index in [1.165, 1.54) is 5.56 Å². The van der Waals surface area contributed by atoms with Crippen molar-refractivity contribution < 1.29 is 4.74 Å². The van der Waals surface area contributed by atoms with Crippen LogP contribution in [0.1, 0.15) is 25.2 Å². The van der Waals surface area contributed by atoms with Gasteiger partial charge < -0.3 is 10.1 Å². The van der Waals surface area contributed by atoms with Crippen LogP contribution in [0.4, 0.5) is 5.69 Å². The molecule has 0 unspecified atom stereocenters. The van der Waals surface area contributed by atoms with Gasteiger partial charge in [-0.15, -0.1) is 0 Å². The van der Waals surface area contributed by atoms with Gasteiger partial charge in [-0.25, -0.2) is 9.67 Å². The minimum atomic E-state index is 0.545. The predicted octanol–water partition coefficient (Wildman–Crippen LogP) is 2.86. The van der Waals surface area contributed by atoms with Crippen molar-refractivity contribution in [3.05, 3.63) is 35.9 Å². The highest BCUT2D eigenvalue weighted by atomic mass is 16.5. The SMILES string of the molecule is COc1ccc(C)cc1NCc1ncnn1CC(C)C. The first-order chi connectivity index (χ1) is 9.60. The molecule has 2 aromatic rings. The number of ether oxygens (including phenoxy) is 1. The molecule has 5 heteroatoms. The Morgan fingerprint density at radius 1 is 1.35 bits per heavy atom. The van der Waals surface area contributed by atoms with Crippen LogP contribution in [-0.4, -0.2) is 21.9 Å². The number of anilines is 1. The maximum Gasteiger partial charge on any atom is 0.146 e. The monoisotopic (exact) mass is 274 g/mol. The van der Waals surface area contributed by atoms with E-state index in [9.17, 15) is 0 Å². The highest BCUT2D eigenvalue weighted by Crippen LogP contribution is 2.25. The van der Waals surface area contributed by atoms with Crippen molar-refractivity contribution in [3.8, 4) is 5.75 Å². The van der Waals surface area contributed by atoms with E-state index in [-0.39, 0.29) is 0 Å². The van der Waals surface area contributed by atoms with E-state index >= 15 is 0 Å². The number of aryl methyl sites for hydroxylation is 1. The van der Waals surface area contributed by atoms with Crippen molar-refractivity contribution in [3.63, 3.8) is 0 Å². The third-order valence-electron chi connectivity index (χ3n) is 3.03. The average Bonchev–Trinajstić information content (AvgIpc) is 2.83. The Balaban J connectivity index is 2.09. The Kier molecular flexibility index (Phi) is 4.61. The third-order valence-corrected chi connectivity index (χ3v) is 3.03. The van der Waals surface area contributed by atoms with Crippen LogP contribution in [0.15, 0.2) is 24.5 Å². The molecule has 0 saturated heterocycles. The lowest BCUT2D eigenvalue weighted by Gasteiger charge is -2.13. The van der Waals surface area contributed by atoms with Gasteiger partial charge >= 0.3 is 0 Å². The van der Waals surface area contributed by atoms with Crippen LogP contribution < -0.4 is 10.1 Å². The number of hydrogen-bond donors (Lipinski definition) is 1. The number of aromatic nitrogens is 3. The summed E-state index contributed by atoms with van der Waals surface area (Å²) in [6, 6.07) is 6.07. The fourth-order valence-corrected chi connectivity index (χ4v) is 2.06. The smallest absolute Gasteiger partial charge is 0.146 e. The molecule has 1 N–H and O–H groups in total. The summed E-state index contributed by atoms with van der Waals surface area (Å²) in [4.78, 5) is 4.31. The maximum absolute atomic E-state index is 5.36. The van der Waals surface area contributed by atoms with E-state index in [0.29, 0.717) is 12.5 Å². The maximum atomic E-state index is 5.36. The molecule has 0 aliphatic carbocycles. The van der Waals surface area contributed by atoms with E-state index in [1.807, 2.05) is 16.8 Å². The van der Waals surface area contributed by atoms with Gasteiger partial charge in [-0.3, -0.25) is 0 Å². The minimum absolute atomic E-state index is 0.545. The number of benzene rings is 1. The van der Waals surface area contributed by atoms with Crippen molar-refractivity contribution in [1.29, 1.82) is 0 Å². The molecule has 0 fully saturated rings. The number of nitrogens with zero attached hydrogens (tertiary/aromatic N) is 3. The highest BCUT2D eigenvalue weighted by molar-refractivity contribution is 5.57. The Hall–Kier alpha value is -2.04. The summed E-state index contributed by atoms with van der Waals surface area (Å²) >= 11 is 0. The predicted molar refractivity (Wildman–Crippen MR) is 79.9 cm³/mol. The molecular weight excluding hydrogens is 252 g/mol. The van der Waals surface area contributed by atoms with Crippen LogP contribution in [0.25, 0.3) is 0 Å². The van der Waals surface area contributed by atoms with Crippen LogP contribution in [-0.2, 0) is 13.1 Å². The first-order valence-corrected chi connectivity index (χ1v) is 6.85. The molecule has 0 bridgehead atoms. The van der Waals surface area contributed by atoms with Gasteiger partial charge in [0.15, 0.2) is 0 Å². The number of nitrogens with one attached hydrogen (secondary N) is 1. The summed E-state index contributed by atoms with van der Waals surface area (Å²) in [5.41, 5.74) is 2.17. The molecule has 0 radical (unpaired) electrons. The summed E-state index contributed by atoms with van der Waals surface area (Å²) in [5, 5.41) is 7.64. The Labute approximate surface area is 120 Å². The second-order valence-corrected chi connectivity index (χ2v) is 5.31. The van der Waals surface area contributed by atoms with Gasteiger partial charge in [-0.05, 0) is 30.5 Å². The number of rotatable bonds is 6.